The molecule has 5 heteroatoms. The summed E-state index contributed by atoms with van der Waals surface area (Å²) in [5.41, 5.74) is -0.348. The van der Waals surface area contributed by atoms with Gasteiger partial charge in [-0.05, 0) is 26.1 Å². The lowest BCUT2D eigenvalue weighted by molar-refractivity contribution is -0.118. The van der Waals surface area contributed by atoms with Gasteiger partial charge in [-0.25, -0.2) is 4.39 Å². The number of carbonyl (C=O) groups excluding carboxylic acids is 1. The van der Waals surface area contributed by atoms with Crippen molar-refractivity contribution in [1.82, 2.24) is 9.99 Å². The van der Waals surface area contributed by atoms with Crippen molar-refractivity contribution in [3.05, 3.63) is 36.7 Å². The predicted octanol–water partition coefficient (Wildman–Crippen LogP) is 2.39. The van der Waals surface area contributed by atoms with E-state index in [2.05, 4.69) is 29.8 Å². The Bertz CT molecular complexity index is 394. The van der Waals surface area contributed by atoms with Crippen LogP contribution in [0.25, 0.3) is 0 Å². The average molecular weight is 270 g/mol. The van der Waals surface area contributed by atoms with E-state index in [0.717, 1.165) is 28.2 Å². The maximum absolute atomic E-state index is 13.2. The highest BCUT2D eigenvalue weighted by Crippen LogP contribution is 2.28. The Balaban J connectivity index is 2.72. The molecular weight excluding hydrogens is 250 g/mol. The number of hydrogen-bond acceptors (Lipinski definition) is 2. The second-order valence-corrected chi connectivity index (χ2v) is 5.71. The summed E-state index contributed by atoms with van der Waals surface area (Å²) in [7, 11) is 0.725. The zero-order valence-corrected chi connectivity index (χ0v) is 11.9. The second kappa shape index (κ2) is 6.26. The highest BCUT2D eigenvalue weighted by Gasteiger charge is 2.35. The summed E-state index contributed by atoms with van der Waals surface area (Å²) in [6.07, 6.45) is 3.60. The van der Waals surface area contributed by atoms with Gasteiger partial charge in [0.05, 0.1) is 11.1 Å². The third-order valence-corrected chi connectivity index (χ3v) is 4.04. The molecule has 0 radical (unpaired) electrons. The second-order valence-electron chi connectivity index (χ2n) is 4.63. The van der Waals surface area contributed by atoms with Crippen LogP contribution in [-0.2, 0) is 4.79 Å². The molecule has 2 atom stereocenters. The van der Waals surface area contributed by atoms with Gasteiger partial charge in [0.1, 0.15) is 5.83 Å². The lowest BCUT2D eigenvalue weighted by atomic mass is 10.0. The van der Waals surface area contributed by atoms with Crippen molar-refractivity contribution in [2.45, 2.75) is 18.9 Å². The van der Waals surface area contributed by atoms with Gasteiger partial charge in [0, 0.05) is 13.1 Å². The predicted molar refractivity (Wildman–Crippen MR) is 75.5 cm³/mol. The molecule has 0 saturated carbocycles. The number of carbonyl (C=O) groups is 1. The van der Waals surface area contributed by atoms with Gasteiger partial charge in [0.15, 0.2) is 0 Å². The maximum Gasteiger partial charge on any atom is 0.254 e. The number of allylic oxidation sites excluding steroid dienone is 2. The Morgan fingerprint density at radius 2 is 2.28 bits per heavy atom. The van der Waals surface area contributed by atoms with Gasteiger partial charge in [-0.1, -0.05) is 28.0 Å². The van der Waals surface area contributed by atoms with Crippen molar-refractivity contribution in [2.24, 2.45) is 0 Å². The molecule has 1 saturated heterocycles. The summed E-state index contributed by atoms with van der Waals surface area (Å²) in [5.74, 6) is -1.16. The molecule has 0 bridgehead atoms. The van der Waals surface area contributed by atoms with Gasteiger partial charge >= 0.3 is 0 Å². The largest absolute Gasteiger partial charge is 0.345 e. The van der Waals surface area contributed by atoms with Crippen LogP contribution in [0.2, 0.25) is 0 Å². The number of halogens is 1. The highest BCUT2D eigenvalue weighted by atomic mass is 31.1. The SMILES string of the molecule is C=C/C=C(\C(=C)F)C(=O)NC1(C)CCN(PC)C1. The fourth-order valence-electron chi connectivity index (χ4n) is 2.00. The topological polar surface area (TPSA) is 32.3 Å². The van der Waals surface area contributed by atoms with Crippen LogP contribution in [-0.4, -0.2) is 35.9 Å². The summed E-state index contributed by atoms with van der Waals surface area (Å²) in [6, 6.07) is 0. The molecule has 0 aromatic carbocycles. The van der Waals surface area contributed by atoms with Gasteiger partial charge in [-0.2, -0.15) is 0 Å². The average Bonchev–Trinajstić information content (AvgIpc) is 2.67. The van der Waals surface area contributed by atoms with Crippen LogP contribution in [0.1, 0.15) is 13.3 Å². The standard InChI is InChI=1S/C13H20FN2OP/c1-5-6-11(10(2)14)12(17)15-13(3)7-8-16(9-13)18-4/h5-6,18H,1-2,7-9H2,3-4H3,(H,15,17)/b11-6+. The third kappa shape index (κ3) is 3.76. The molecule has 1 N–H and O–H groups in total. The maximum atomic E-state index is 13.2. The number of nitrogens with zero attached hydrogens (tertiary/aromatic N) is 1. The van der Waals surface area contributed by atoms with Gasteiger partial charge in [0.2, 0.25) is 0 Å². The Labute approximate surface area is 110 Å². The Kier molecular flexibility index (Phi) is 5.24. The molecule has 1 amide bonds. The molecule has 1 aliphatic rings. The quantitative estimate of drug-likeness (QED) is 0.472. The molecule has 0 spiro atoms. The molecule has 3 nitrogen and oxygen atoms in total. The van der Waals surface area contributed by atoms with E-state index in [1.165, 1.54) is 12.2 Å². The molecule has 100 valence electrons. The fourth-order valence-corrected chi connectivity index (χ4v) is 2.85. The minimum Gasteiger partial charge on any atom is -0.345 e. The van der Waals surface area contributed by atoms with Crippen LogP contribution < -0.4 is 5.32 Å². The first-order chi connectivity index (χ1) is 8.41. The molecule has 0 aromatic heterocycles. The van der Waals surface area contributed by atoms with E-state index in [1.54, 1.807) is 0 Å². The monoisotopic (exact) mass is 270 g/mol. The van der Waals surface area contributed by atoms with Crippen molar-refractivity contribution in [3.63, 3.8) is 0 Å². The smallest absolute Gasteiger partial charge is 0.254 e. The van der Waals surface area contributed by atoms with E-state index in [-0.39, 0.29) is 11.1 Å². The van der Waals surface area contributed by atoms with E-state index in [4.69, 9.17) is 0 Å². The van der Waals surface area contributed by atoms with Crippen molar-refractivity contribution in [3.8, 4) is 0 Å². The third-order valence-electron chi connectivity index (χ3n) is 3.03. The van der Waals surface area contributed by atoms with Gasteiger partial charge in [-0.15, -0.1) is 0 Å². The summed E-state index contributed by atoms with van der Waals surface area (Å²) < 4.78 is 15.4. The normalized spacial score (nSPS) is 25.6. The van der Waals surface area contributed by atoms with Crippen molar-refractivity contribution >= 4 is 14.6 Å². The Hall–Kier alpha value is -0.990. The van der Waals surface area contributed by atoms with Crippen LogP contribution in [0.5, 0.6) is 0 Å². The van der Waals surface area contributed by atoms with Crippen molar-refractivity contribution < 1.29 is 9.18 Å². The number of nitrogens with one attached hydrogen (secondary N) is 1. The van der Waals surface area contributed by atoms with Crippen LogP contribution >= 0.6 is 8.73 Å². The Morgan fingerprint density at radius 3 is 2.72 bits per heavy atom. The number of amides is 1. The van der Waals surface area contributed by atoms with Crippen LogP contribution in [0.15, 0.2) is 36.7 Å². The lowest BCUT2D eigenvalue weighted by Crippen LogP contribution is -2.47. The molecule has 1 fully saturated rings. The summed E-state index contributed by atoms with van der Waals surface area (Å²) in [6.45, 7) is 12.5. The fraction of sp³-hybridized carbons (Fsp3) is 0.462. The van der Waals surface area contributed by atoms with Gasteiger partial charge in [0.25, 0.3) is 5.91 Å². The van der Waals surface area contributed by atoms with Gasteiger partial charge in [-0.3, -0.25) is 9.46 Å². The highest BCUT2D eigenvalue weighted by molar-refractivity contribution is 7.34. The molecule has 1 aliphatic heterocycles. The van der Waals surface area contributed by atoms with E-state index in [1.807, 2.05) is 6.92 Å². The molecule has 1 heterocycles. The van der Waals surface area contributed by atoms with Crippen LogP contribution in [0.3, 0.4) is 0 Å². The van der Waals surface area contributed by atoms with E-state index in [0.29, 0.717) is 0 Å². The zero-order chi connectivity index (χ0) is 13.8. The first-order valence-corrected chi connectivity index (χ1v) is 7.29. The minimum atomic E-state index is -0.733. The molecular formula is C13H20FN2OP. The minimum absolute atomic E-state index is 0.0522. The van der Waals surface area contributed by atoms with Crippen LogP contribution in [0.4, 0.5) is 4.39 Å². The van der Waals surface area contributed by atoms with Crippen molar-refractivity contribution in [1.29, 1.82) is 0 Å². The molecule has 0 aromatic rings. The summed E-state index contributed by atoms with van der Waals surface area (Å²) >= 11 is 0. The molecule has 0 aliphatic carbocycles. The zero-order valence-electron chi connectivity index (χ0n) is 10.9. The van der Waals surface area contributed by atoms with E-state index in [9.17, 15) is 9.18 Å². The Morgan fingerprint density at radius 1 is 1.61 bits per heavy atom. The number of rotatable bonds is 5. The summed E-state index contributed by atoms with van der Waals surface area (Å²) in [5, 5.41) is 2.89. The first kappa shape index (κ1) is 15.1. The lowest BCUT2D eigenvalue weighted by Gasteiger charge is -2.26. The van der Waals surface area contributed by atoms with Crippen molar-refractivity contribution in [2.75, 3.05) is 19.8 Å². The molecule has 2 unspecified atom stereocenters. The summed E-state index contributed by atoms with van der Waals surface area (Å²) in [4.78, 5) is 12.0. The van der Waals surface area contributed by atoms with E-state index < -0.39 is 11.7 Å². The van der Waals surface area contributed by atoms with Crippen LogP contribution in [0, 0.1) is 0 Å². The number of hydrogen-bond donors (Lipinski definition) is 1. The molecule has 18 heavy (non-hydrogen) atoms. The van der Waals surface area contributed by atoms with E-state index >= 15 is 0 Å². The van der Waals surface area contributed by atoms with Gasteiger partial charge < -0.3 is 5.32 Å². The molecule has 1 rings (SSSR count). The first-order valence-electron chi connectivity index (χ1n) is 5.84.